The fourth-order valence-electron chi connectivity index (χ4n) is 1.85. The molecule has 0 saturated carbocycles. The number of rotatable bonds is 3. The van der Waals surface area contributed by atoms with Gasteiger partial charge in [0, 0.05) is 17.4 Å². The molecule has 1 aromatic heterocycles. The highest BCUT2D eigenvalue weighted by molar-refractivity contribution is 5.92. The zero-order valence-electron chi connectivity index (χ0n) is 11.9. The molecule has 4 nitrogen and oxygen atoms in total. The molecule has 106 valence electrons. The fraction of sp³-hybridized carbons (Fsp3) is 0.176. The van der Waals surface area contributed by atoms with Crippen LogP contribution in [0.1, 0.15) is 16.8 Å². The number of carbonyl (C=O) groups is 1. The van der Waals surface area contributed by atoms with Gasteiger partial charge in [0.2, 0.25) is 5.91 Å². The van der Waals surface area contributed by atoms with E-state index in [0.717, 1.165) is 22.5 Å². The molecule has 0 aliphatic rings. The Bertz CT molecular complexity index is 681. The van der Waals surface area contributed by atoms with Crippen LogP contribution in [0.4, 0.5) is 5.69 Å². The standard InChI is InChI=1S/C17H17N3O/c1-13-4-3-11-19-16(13)12-17(21)20-15-8-6-14(7-9-15)5-2-10-18/h3-4,6-9,11H,10,12,18H2,1H3,(H,20,21). The quantitative estimate of drug-likeness (QED) is 0.843. The molecule has 0 saturated heterocycles. The minimum Gasteiger partial charge on any atom is -0.326 e. The van der Waals surface area contributed by atoms with Crippen molar-refractivity contribution in [2.45, 2.75) is 13.3 Å². The van der Waals surface area contributed by atoms with Gasteiger partial charge in [-0.25, -0.2) is 0 Å². The second-order valence-electron chi connectivity index (χ2n) is 4.58. The van der Waals surface area contributed by atoms with Crippen LogP contribution in [0.15, 0.2) is 42.6 Å². The van der Waals surface area contributed by atoms with Crippen LogP contribution in [0.25, 0.3) is 0 Å². The normalized spacial score (nSPS) is 9.62. The summed E-state index contributed by atoms with van der Waals surface area (Å²) >= 11 is 0. The van der Waals surface area contributed by atoms with E-state index >= 15 is 0 Å². The second kappa shape index (κ2) is 7.22. The molecule has 0 bridgehead atoms. The van der Waals surface area contributed by atoms with Crippen LogP contribution in [-0.4, -0.2) is 17.4 Å². The molecule has 0 spiro atoms. The molecule has 21 heavy (non-hydrogen) atoms. The van der Waals surface area contributed by atoms with Crippen LogP contribution in [0.5, 0.6) is 0 Å². The number of benzene rings is 1. The number of aromatic nitrogens is 1. The van der Waals surface area contributed by atoms with E-state index in [1.54, 1.807) is 6.20 Å². The van der Waals surface area contributed by atoms with E-state index in [-0.39, 0.29) is 12.3 Å². The molecule has 4 heteroatoms. The number of amides is 1. The maximum absolute atomic E-state index is 12.0. The zero-order valence-corrected chi connectivity index (χ0v) is 11.9. The van der Waals surface area contributed by atoms with Gasteiger partial charge in [-0.05, 0) is 42.8 Å². The summed E-state index contributed by atoms with van der Waals surface area (Å²) in [7, 11) is 0. The smallest absolute Gasteiger partial charge is 0.230 e. The summed E-state index contributed by atoms with van der Waals surface area (Å²) in [5.74, 6) is 5.63. The zero-order chi connectivity index (χ0) is 15.1. The predicted molar refractivity (Wildman–Crippen MR) is 83.7 cm³/mol. The lowest BCUT2D eigenvalue weighted by Crippen LogP contribution is -2.15. The summed E-state index contributed by atoms with van der Waals surface area (Å²) in [6.07, 6.45) is 1.96. The van der Waals surface area contributed by atoms with Crippen LogP contribution in [0.3, 0.4) is 0 Å². The van der Waals surface area contributed by atoms with Crippen molar-refractivity contribution in [1.29, 1.82) is 0 Å². The first-order valence-electron chi connectivity index (χ1n) is 6.68. The molecular formula is C17H17N3O. The molecule has 0 radical (unpaired) electrons. The summed E-state index contributed by atoms with van der Waals surface area (Å²) in [5.41, 5.74) is 8.74. The Balaban J connectivity index is 1.98. The van der Waals surface area contributed by atoms with E-state index in [9.17, 15) is 4.79 Å². The number of anilines is 1. The Hall–Kier alpha value is -2.64. The van der Waals surface area contributed by atoms with Crippen LogP contribution in [-0.2, 0) is 11.2 Å². The van der Waals surface area contributed by atoms with Crippen LogP contribution >= 0.6 is 0 Å². The predicted octanol–water partition coefficient (Wildman–Crippen LogP) is 1.88. The molecule has 0 aliphatic heterocycles. The minimum atomic E-state index is -0.0856. The highest BCUT2D eigenvalue weighted by Gasteiger charge is 2.07. The Morgan fingerprint density at radius 3 is 2.71 bits per heavy atom. The largest absolute Gasteiger partial charge is 0.326 e. The van der Waals surface area contributed by atoms with Crippen LogP contribution < -0.4 is 11.1 Å². The van der Waals surface area contributed by atoms with E-state index in [0.29, 0.717) is 6.54 Å². The molecule has 1 heterocycles. The molecule has 2 aromatic rings. The molecule has 0 fully saturated rings. The van der Waals surface area contributed by atoms with Gasteiger partial charge < -0.3 is 11.1 Å². The summed E-state index contributed by atoms with van der Waals surface area (Å²) in [6.45, 7) is 2.28. The van der Waals surface area contributed by atoms with Gasteiger partial charge in [-0.3, -0.25) is 9.78 Å². The first kappa shape index (κ1) is 14.8. The number of hydrogen-bond donors (Lipinski definition) is 2. The lowest BCUT2D eigenvalue weighted by Gasteiger charge is -2.06. The van der Waals surface area contributed by atoms with Crippen LogP contribution in [0, 0.1) is 18.8 Å². The molecular weight excluding hydrogens is 262 g/mol. The summed E-state index contributed by atoms with van der Waals surface area (Å²) in [5, 5.41) is 2.85. The first-order chi connectivity index (χ1) is 10.2. The summed E-state index contributed by atoms with van der Waals surface area (Å²) in [6, 6.07) is 11.2. The highest BCUT2D eigenvalue weighted by atomic mass is 16.1. The summed E-state index contributed by atoms with van der Waals surface area (Å²) in [4.78, 5) is 16.2. The SMILES string of the molecule is Cc1cccnc1CC(=O)Nc1ccc(C#CCN)cc1. The molecule has 0 aliphatic carbocycles. The van der Waals surface area contributed by atoms with E-state index in [4.69, 9.17) is 5.73 Å². The Kier molecular flexibility index (Phi) is 5.08. The van der Waals surface area contributed by atoms with E-state index in [1.165, 1.54) is 0 Å². The first-order valence-corrected chi connectivity index (χ1v) is 6.68. The Labute approximate surface area is 124 Å². The topological polar surface area (TPSA) is 68.0 Å². The van der Waals surface area contributed by atoms with Gasteiger partial charge in [-0.15, -0.1) is 0 Å². The van der Waals surface area contributed by atoms with Gasteiger partial charge in [-0.2, -0.15) is 0 Å². The van der Waals surface area contributed by atoms with E-state index in [1.807, 2.05) is 43.3 Å². The van der Waals surface area contributed by atoms with Crippen molar-refractivity contribution in [3.8, 4) is 11.8 Å². The van der Waals surface area contributed by atoms with Crippen molar-refractivity contribution in [3.63, 3.8) is 0 Å². The highest BCUT2D eigenvalue weighted by Crippen LogP contribution is 2.10. The Morgan fingerprint density at radius 1 is 1.29 bits per heavy atom. The molecule has 1 aromatic carbocycles. The van der Waals surface area contributed by atoms with E-state index < -0.39 is 0 Å². The lowest BCUT2D eigenvalue weighted by atomic mass is 10.1. The number of carbonyl (C=O) groups excluding carboxylic acids is 1. The number of pyridine rings is 1. The number of nitrogens with two attached hydrogens (primary N) is 1. The van der Waals surface area contributed by atoms with Gasteiger partial charge in [-0.1, -0.05) is 17.9 Å². The third-order valence-electron chi connectivity index (χ3n) is 2.95. The van der Waals surface area contributed by atoms with Crippen LogP contribution in [0.2, 0.25) is 0 Å². The minimum absolute atomic E-state index is 0.0856. The van der Waals surface area contributed by atoms with E-state index in [2.05, 4.69) is 22.1 Å². The third-order valence-corrected chi connectivity index (χ3v) is 2.95. The van der Waals surface area contributed by atoms with Crippen molar-refractivity contribution >= 4 is 11.6 Å². The third kappa shape index (κ3) is 4.44. The maximum Gasteiger partial charge on any atom is 0.230 e. The van der Waals surface area contributed by atoms with Gasteiger partial charge in [0.05, 0.1) is 18.7 Å². The average Bonchev–Trinajstić information content (AvgIpc) is 2.49. The molecule has 0 atom stereocenters. The maximum atomic E-state index is 12.0. The fourth-order valence-corrected chi connectivity index (χ4v) is 1.85. The monoisotopic (exact) mass is 279 g/mol. The second-order valence-corrected chi connectivity index (χ2v) is 4.58. The van der Waals surface area contributed by atoms with Crippen molar-refractivity contribution in [2.75, 3.05) is 11.9 Å². The number of nitrogens with zero attached hydrogens (tertiary/aromatic N) is 1. The number of aryl methyl sites for hydroxylation is 1. The van der Waals surface area contributed by atoms with Crippen molar-refractivity contribution in [1.82, 2.24) is 4.98 Å². The van der Waals surface area contributed by atoms with Crippen molar-refractivity contribution in [3.05, 3.63) is 59.4 Å². The Morgan fingerprint density at radius 2 is 2.05 bits per heavy atom. The van der Waals surface area contributed by atoms with Gasteiger partial charge in [0.25, 0.3) is 0 Å². The summed E-state index contributed by atoms with van der Waals surface area (Å²) < 4.78 is 0. The lowest BCUT2D eigenvalue weighted by molar-refractivity contribution is -0.115. The van der Waals surface area contributed by atoms with Gasteiger partial charge in [0.15, 0.2) is 0 Å². The molecule has 3 N–H and O–H groups in total. The molecule has 0 unspecified atom stereocenters. The van der Waals surface area contributed by atoms with Crippen molar-refractivity contribution in [2.24, 2.45) is 5.73 Å². The average molecular weight is 279 g/mol. The molecule has 1 amide bonds. The number of nitrogens with one attached hydrogen (secondary N) is 1. The van der Waals surface area contributed by atoms with Gasteiger partial charge >= 0.3 is 0 Å². The number of hydrogen-bond acceptors (Lipinski definition) is 3. The van der Waals surface area contributed by atoms with Gasteiger partial charge in [0.1, 0.15) is 0 Å². The molecule has 2 rings (SSSR count). The van der Waals surface area contributed by atoms with Crippen molar-refractivity contribution < 1.29 is 4.79 Å².